The molecule has 0 saturated carbocycles. The topological polar surface area (TPSA) is 38.3 Å². The van der Waals surface area contributed by atoms with Crippen molar-refractivity contribution in [2.75, 3.05) is 0 Å². The lowest BCUT2D eigenvalue weighted by Crippen LogP contribution is -2.34. The first-order valence-corrected chi connectivity index (χ1v) is 5.04. The van der Waals surface area contributed by atoms with Crippen molar-refractivity contribution >= 4 is 5.91 Å². The number of carbonyl (C=O) groups excluding carboxylic acids is 1. The number of carbonyl (C=O) groups is 1. The highest BCUT2D eigenvalue weighted by atomic mass is 19.1. The molecule has 16 heavy (non-hydrogen) atoms. The zero-order valence-electron chi connectivity index (χ0n) is 9.93. The van der Waals surface area contributed by atoms with Gasteiger partial charge in [-0.05, 0) is 39.8 Å². The van der Waals surface area contributed by atoms with Crippen molar-refractivity contribution in [3.8, 4) is 0 Å². The average molecular weight is 225 g/mol. The van der Waals surface area contributed by atoms with Crippen LogP contribution in [0.1, 0.15) is 36.7 Å². The molecule has 0 bridgehead atoms. The fraction of sp³-hybridized carbons (Fsp3) is 0.417. The third-order valence-corrected chi connectivity index (χ3v) is 1.82. The van der Waals surface area contributed by atoms with Crippen molar-refractivity contribution in [2.24, 2.45) is 0 Å². The Balaban J connectivity index is 2.77. The number of amides is 1. The molecule has 1 N–H and O–H groups in total. The summed E-state index contributed by atoms with van der Waals surface area (Å²) >= 11 is 0. The van der Waals surface area contributed by atoms with Crippen LogP contribution >= 0.6 is 0 Å². The number of nitrogens with one attached hydrogen (secondary N) is 1. The van der Waals surface area contributed by atoms with Crippen molar-refractivity contribution < 1.29 is 14.0 Å². The Kier molecular flexibility index (Phi) is 3.65. The summed E-state index contributed by atoms with van der Waals surface area (Å²) in [6.45, 7) is 7.17. The standard InChI is InChI=1S/C12H16FNO2/c1-8-5-6-10(13)9(7-8)11(15)14-16-12(2,3)4/h5-7H,1-4H3,(H,14,15). The van der Waals surface area contributed by atoms with Crippen molar-refractivity contribution in [1.82, 2.24) is 5.48 Å². The van der Waals surface area contributed by atoms with E-state index in [9.17, 15) is 9.18 Å². The summed E-state index contributed by atoms with van der Waals surface area (Å²) in [6, 6.07) is 4.36. The molecule has 88 valence electrons. The van der Waals surface area contributed by atoms with E-state index in [4.69, 9.17) is 4.84 Å². The summed E-state index contributed by atoms with van der Waals surface area (Å²) in [7, 11) is 0. The molecule has 3 nitrogen and oxygen atoms in total. The third kappa shape index (κ3) is 3.62. The number of hydrogen-bond acceptors (Lipinski definition) is 2. The summed E-state index contributed by atoms with van der Waals surface area (Å²) in [6.07, 6.45) is 0. The van der Waals surface area contributed by atoms with Gasteiger partial charge in [0.15, 0.2) is 0 Å². The van der Waals surface area contributed by atoms with Gasteiger partial charge in [0.1, 0.15) is 5.82 Å². The largest absolute Gasteiger partial charge is 0.277 e. The van der Waals surface area contributed by atoms with Gasteiger partial charge >= 0.3 is 0 Å². The van der Waals surface area contributed by atoms with Gasteiger partial charge < -0.3 is 0 Å². The van der Waals surface area contributed by atoms with E-state index in [1.54, 1.807) is 33.8 Å². The van der Waals surface area contributed by atoms with Gasteiger partial charge in [-0.15, -0.1) is 0 Å². The third-order valence-electron chi connectivity index (χ3n) is 1.82. The molecule has 0 unspecified atom stereocenters. The Morgan fingerprint density at radius 3 is 2.56 bits per heavy atom. The molecule has 1 rings (SSSR count). The second kappa shape index (κ2) is 4.61. The maximum atomic E-state index is 13.3. The molecular weight excluding hydrogens is 209 g/mol. The van der Waals surface area contributed by atoms with Gasteiger partial charge in [-0.25, -0.2) is 9.87 Å². The Labute approximate surface area is 94.6 Å². The molecule has 0 radical (unpaired) electrons. The number of benzene rings is 1. The lowest BCUT2D eigenvalue weighted by molar-refractivity contribution is -0.0591. The Bertz CT molecular complexity index is 396. The second-order valence-corrected chi connectivity index (χ2v) is 4.63. The van der Waals surface area contributed by atoms with Crippen molar-refractivity contribution in [3.05, 3.63) is 35.1 Å². The van der Waals surface area contributed by atoms with Crippen LogP contribution in [0.5, 0.6) is 0 Å². The van der Waals surface area contributed by atoms with E-state index in [1.807, 2.05) is 0 Å². The van der Waals surface area contributed by atoms with Gasteiger partial charge in [-0.1, -0.05) is 11.6 Å². The highest BCUT2D eigenvalue weighted by molar-refractivity contribution is 5.93. The summed E-state index contributed by atoms with van der Waals surface area (Å²) in [5, 5.41) is 0. The number of hydrogen-bond donors (Lipinski definition) is 1. The molecular formula is C12H16FNO2. The highest BCUT2D eigenvalue weighted by Gasteiger charge is 2.16. The predicted molar refractivity (Wildman–Crippen MR) is 59.4 cm³/mol. The first-order chi connectivity index (χ1) is 7.29. The van der Waals surface area contributed by atoms with Crippen LogP contribution in [0.3, 0.4) is 0 Å². The smallest absolute Gasteiger partial charge is 0.268 e. The van der Waals surface area contributed by atoms with Crippen LogP contribution in [0.2, 0.25) is 0 Å². The van der Waals surface area contributed by atoms with Crippen molar-refractivity contribution in [1.29, 1.82) is 0 Å². The summed E-state index contributed by atoms with van der Waals surface area (Å²) in [4.78, 5) is 16.7. The average Bonchev–Trinajstić information content (AvgIpc) is 2.17. The number of halogens is 1. The zero-order valence-corrected chi connectivity index (χ0v) is 9.93. The summed E-state index contributed by atoms with van der Waals surface area (Å²) in [5.74, 6) is -1.13. The second-order valence-electron chi connectivity index (χ2n) is 4.63. The maximum Gasteiger partial charge on any atom is 0.277 e. The van der Waals surface area contributed by atoms with Gasteiger partial charge in [0.25, 0.3) is 5.91 Å². The molecule has 1 aromatic carbocycles. The molecule has 1 aromatic rings. The number of rotatable bonds is 2. The van der Waals surface area contributed by atoms with Crippen molar-refractivity contribution in [2.45, 2.75) is 33.3 Å². The molecule has 0 aliphatic carbocycles. The van der Waals surface area contributed by atoms with E-state index >= 15 is 0 Å². The molecule has 4 heteroatoms. The van der Waals surface area contributed by atoms with Crippen LogP contribution in [0.15, 0.2) is 18.2 Å². The van der Waals surface area contributed by atoms with Crippen LogP contribution in [0.25, 0.3) is 0 Å². The molecule has 0 saturated heterocycles. The zero-order chi connectivity index (χ0) is 12.3. The highest BCUT2D eigenvalue weighted by Crippen LogP contribution is 2.11. The van der Waals surface area contributed by atoms with Gasteiger partial charge in [-0.2, -0.15) is 0 Å². The molecule has 0 atom stereocenters. The minimum atomic E-state index is -0.573. The van der Waals surface area contributed by atoms with Crippen LogP contribution in [0, 0.1) is 12.7 Å². The normalized spacial score (nSPS) is 11.3. The Hall–Kier alpha value is -1.42. The molecule has 0 heterocycles. The van der Waals surface area contributed by atoms with Gasteiger partial charge in [0.05, 0.1) is 11.2 Å². The fourth-order valence-corrected chi connectivity index (χ4v) is 1.07. The Morgan fingerprint density at radius 1 is 1.38 bits per heavy atom. The van der Waals surface area contributed by atoms with E-state index in [0.717, 1.165) is 5.56 Å². The van der Waals surface area contributed by atoms with Gasteiger partial charge in [0, 0.05) is 0 Å². The van der Waals surface area contributed by atoms with Crippen LogP contribution in [-0.2, 0) is 4.84 Å². The van der Waals surface area contributed by atoms with E-state index in [-0.39, 0.29) is 5.56 Å². The first-order valence-electron chi connectivity index (χ1n) is 5.04. The van der Waals surface area contributed by atoms with E-state index in [2.05, 4.69) is 5.48 Å². The molecule has 0 aromatic heterocycles. The quantitative estimate of drug-likeness (QED) is 0.786. The van der Waals surface area contributed by atoms with Crippen LogP contribution < -0.4 is 5.48 Å². The lowest BCUT2D eigenvalue weighted by Gasteiger charge is -2.19. The molecule has 1 amide bonds. The first kappa shape index (κ1) is 12.6. The number of hydroxylamine groups is 1. The Morgan fingerprint density at radius 2 is 2.00 bits per heavy atom. The minimum absolute atomic E-state index is 0.00995. The van der Waals surface area contributed by atoms with E-state index < -0.39 is 17.3 Å². The SMILES string of the molecule is Cc1ccc(F)c(C(=O)NOC(C)(C)C)c1. The van der Waals surface area contributed by atoms with Gasteiger partial charge in [0.2, 0.25) is 0 Å². The number of aryl methyl sites for hydroxylation is 1. The van der Waals surface area contributed by atoms with Crippen molar-refractivity contribution in [3.63, 3.8) is 0 Å². The van der Waals surface area contributed by atoms with Crippen LogP contribution in [-0.4, -0.2) is 11.5 Å². The van der Waals surface area contributed by atoms with E-state index in [0.29, 0.717) is 0 Å². The minimum Gasteiger partial charge on any atom is -0.268 e. The molecule has 0 fully saturated rings. The molecule has 0 aliphatic heterocycles. The fourth-order valence-electron chi connectivity index (χ4n) is 1.07. The lowest BCUT2D eigenvalue weighted by atomic mass is 10.1. The van der Waals surface area contributed by atoms with E-state index in [1.165, 1.54) is 12.1 Å². The summed E-state index contributed by atoms with van der Waals surface area (Å²) in [5.41, 5.74) is 2.54. The summed E-state index contributed by atoms with van der Waals surface area (Å²) < 4.78 is 13.3. The van der Waals surface area contributed by atoms with Crippen LogP contribution in [0.4, 0.5) is 4.39 Å². The maximum absolute atomic E-state index is 13.3. The molecule has 0 aliphatic rings. The van der Waals surface area contributed by atoms with Gasteiger partial charge in [-0.3, -0.25) is 9.63 Å². The predicted octanol–water partition coefficient (Wildman–Crippen LogP) is 2.59. The molecule has 0 spiro atoms. The monoisotopic (exact) mass is 225 g/mol.